The van der Waals surface area contributed by atoms with Crippen molar-refractivity contribution in [2.24, 2.45) is 0 Å². The fraction of sp³-hybridized carbons (Fsp3) is 0.375. The van der Waals surface area contributed by atoms with Crippen molar-refractivity contribution in [3.05, 3.63) is 38.3 Å². The van der Waals surface area contributed by atoms with Crippen LogP contribution in [0.5, 0.6) is 0 Å². The quantitative estimate of drug-likeness (QED) is 0.328. The van der Waals surface area contributed by atoms with Crippen LogP contribution in [0.3, 0.4) is 0 Å². The summed E-state index contributed by atoms with van der Waals surface area (Å²) < 4.78 is 0. The predicted molar refractivity (Wildman–Crippen MR) is 58.5 cm³/mol. The van der Waals surface area contributed by atoms with Gasteiger partial charge in [-0.05, 0) is 0 Å². The van der Waals surface area contributed by atoms with Crippen molar-refractivity contribution in [3.8, 4) is 0 Å². The van der Waals surface area contributed by atoms with Gasteiger partial charge in [0, 0.05) is 11.8 Å². The maximum absolute atomic E-state index is 11.3. The first-order valence-electron chi connectivity index (χ1n) is 4.31. The average molecular weight is 246 g/mol. The first-order chi connectivity index (χ1) is 7.47. The van der Waals surface area contributed by atoms with Gasteiger partial charge >= 0.3 is 0 Å². The molecule has 0 spiro atoms. The number of H-pyrrole nitrogens is 1. The molecule has 88 valence electrons. The van der Waals surface area contributed by atoms with Gasteiger partial charge in [-0.15, -0.1) is 0 Å². The number of nitrogens with one attached hydrogen (secondary N) is 1. The first kappa shape index (κ1) is 12.7. The zero-order valence-corrected chi connectivity index (χ0v) is 8.92. The van der Waals surface area contributed by atoms with Crippen molar-refractivity contribution in [2.45, 2.75) is 12.2 Å². The van der Waals surface area contributed by atoms with Crippen molar-refractivity contribution < 1.29 is 15.1 Å². The molecule has 0 amide bonds. The van der Waals surface area contributed by atoms with Crippen LogP contribution >= 0.6 is 12.6 Å². The monoisotopic (exact) mass is 246 g/mol. The van der Waals surface area contributed by atoms with E-state index in [4.69, 9.17) is 0 Å². The molecule has 0 fully saturated rings. The minimum absolute atomic E-state index is 0.0662. The van der Waals surface area contributed by atoms with E-state index < -0.39 is 22.7 Å². The summed E-state index contributed by atoms with van der Waals surface area (Å²) in [6.45, 7) is 0. The fourth-order valence-electron chi connectivity index (χ4n) is 1.12. The molecule has 16 heavy (non-hydrogen) atoms. The Bertz CT molecular complexity index is 446. The molecular weight excluding hydrogens is 236 g/mol. The van der Waals surface area contributed by atoms with E-state index in [0.717, 1.165) is 12.3 Å². The van der Waals surface area contributed by atoms with E-state index in [1.807, 2.05) is 0 Å². The molecule has 1 aromatic rings. The highest BCUT2D eigenvalue weighted by Gasteiger charge is 2.22. The summed E-state index contributed by atoms with van der Waals surface area (Å²) in [7, 11) is 0. The molecule has 2 atom stereocenters. The minimum atomic E-state index is -1.50. The van der Waals surface area contributed by atoms with E-state index >= 15 is 0 Å². The molecule has 0 saturated heterocycles. The molecule has 1 heterocycles. The van der Waals surface area contributed by atoms with Gasteiger partial charge < -0.3 is 15.2 Å². The minimum Gasteiger partial charge on any atom is -0.389 e. The van der Waals surface area contributed by atoms with Crippen molar-refractivity contribution >= 4 is 18.3 Å². The number of hydrogen-bond donors (Lipinski definition) is 4. The summed E-state index contributed by atoms with van der Waals surface area (Å²) >= 11 is 3.75. The van der Waals surface area contributed by atoms with E-state index in [1.165, 1.54) is 0 Å². The molecular formula is C8H10N2O5S. The van der Waals surface area contributed by atoms with Crippen molar-refractivity contribution in [3.63, 3.8) is 0 Å². The molecule has 1 rings (SSSR count). The standard InChI is InChI=1S/C8H10N2O5S/c11-6(3-16)7(12)5-1-4(10(14)15)2-9-8(5)13/h1-2,6-7,11-12,16H,3H2,(H,9,13). The second-order valence-corrected chi connectivity index (χ2v) is 3.46. The molecule has 0 aromatic carbocycles. The number of hydrogen-bond acceptors (Lipinski definition) is 6. The van der Waals surface area contributed by atoms with Crippen LogP contribution in [-0.2, 0) is 0 Å². The van der Waals surface area contributed by atoms with Crippen LogP contribution in [0.25, 0.3) is 0 Å². The van der Waals surface area contributed by atoms with Crippen LogP contribution in [0.1, 0.15) is 11.7 Å². The lowest BCUT2D eigenvalue weighted by molar-refractivity contribution is -0.385. The average Bonchev–Trinajstić information content (AvgIpc) is 2.27. The van der Waals surface area contributed by atoms with Crippen molar-refractivity contribution in [1.29, 1.82) is 0 Å². The Labute approximate surface area is 95.3 Å². The Morgan fingerprint density at radius 3 is 2.69 bits per heavy atom. The van der Waals surface area contributed by atoms with Crippen molar-refractivity contribution in [2.75, 3.05) is 5.75 Å². The molecule has 0 aliphatic rings. The fourth-order valence-corrected chi connectivity index (χ4v) is 1.32. The molecule has 0 aliphatic carbocycles. The van der Waals surface area contributed by atoms with Gasteiger partial charge in [0.25, 0.3) is 11.2 Å². The second-order valence-electron chi connectivity index (χ2n) is 3.09. The Balaban J connectivity index is 3.17. The highest BCUT2D eigenvalue weighted by atomic mass is 32.1. The first-order valence-corrected chi connectivity index (χ1v) is 4.94. The topological polar surface area (TPSA) is 116 Å². The number of nitro groups is 1. The van der Waals surface area contributed by atoms with Gasteiger partial charge in [-0.25, -0.2) is 0 Å². The predicted octanol–water partition coefficient (Wildman–Crippen LogP) is -0.393. The largest absolute Gasteiger partial charge is 0.389 e. The number of thiol groups is 1. The molecule has 7 nitrogen and oxygen atoms in total. The number of aliphatic hydroxyl groups excluding tert-OH is 2. The smallest absolute Gasteiger partial charge is 0.285 e. The van der Waals surface area contributed by atoms with E-state index in [9.17, 15) is 25.1 Å². The molecule has 1 aromatic heterocycles. The number of aromatic nitrogens is 1. The van der Waals surface area contributed by atoms with Crippen LogP contribution in [-0.4, -0.2) is 32.0 Å². The Kier molecular flexibility index (Phi) is 4.05. The summed E-state index contributed by atoms with van der Waals surface area (Å²) in [4.78, 5) is 23.1. The molecule has 3 N–H and O–H groups in total. The van der Waals surface area contributed by atoms with Gasteiger partial charge in [0.1, 0.15) is 6.10 Å². The number of pyridine rings is 1. The van der Waals surface area contributed by atoms with Gasteiger partial charge in [0.15, 0.2) is 0 Å². The lowest BCUT2D eigenvalue weighted by Crippen LogP contribution is -2.26. The third-order valence-corrected chi connectivity index (χ3v) is 2.37. The van der Waals surface area contributed by atoms with E-state index in [1.54, 1.807) is 0 Å². The number of rotatable bonds is 4. The van der Waals surface area contributed by atoms with Crippen LogP contribution in [0.2, 0.25) is 0 Å². The zero-order valence-electron chi connectivity index (χ0n) is 8.03. The molecule has 0 saturated carbocycles. The molecule has 8 heteroatoms. The summed E-state index contributed by atoms with van der Waals surface area (Å²) in [5, 5.41) is 29.3. The lowest BCUT2D eigenvalue weighted by Gasteiger charge is -2.14. The lowest BCUT2D eigenvalue weighted by atomic mass is 10.1. The van der Waals surface area contributed by atoms with Crippen LogP contribution in [0.15, 0.2) is 17.1 Å². The number of nitrogens with zero attached hydrogens (tertiary/aromatic N) is 1. The summed E-state index contributed by atoms with van der Waals surface area (Å²) in [5.74, 6) is -0.0662. The number of aliphatic hydroxyl groups is 2. The van der Waals surface area contributed by atoms with E-state index in [-0.39, 0.29) is 17.0 Å². The Hall–Kier alpha value is -1.38. The van der Waals surface area contributed by atoms with E-state index in [0.29, 0.717) is 0 Å². The summed E-state index contributed by atoms with van der Waals surface area (Å²) in [5.41, 5.74) is -1.30. The molecule has 2 unspecified atom stereocenters. The van der Waals surface area contributed by atoms with E-state index in [2.05, 4.69) is 17.6 Å². The third-order valence-electron chi connectivity index (χ3n) is 2.00. The van der Waals surface area contributed by atoms with Gasteiger partial charge in [-0.2, -0.15) is 12.6 Å². The maximum atomic E-state index is 11.3. The highest BCUT2D eigenvalue weighted by molar-refractivity contribution is 7.80. The van der Waals surface area contributed by atoms with Crippen LogP contribution in [0.4, 0.5) is 5.69 Å². The van der Waals surface area contributed by atoms with Gasteiger partial charge in [0.05, 0.1) is 22.8 Å². The van der Waals surface area contributed by atoms with Gasteiger partial charge in [0.2, 0.25) is 0 Å². The second kappa shape index (κ2) is 5.10. The summed E-state index contributed by atoms with van der Waals surface area (Å²) in [6, 6.07) is 0.927. The van der Waals surface area contributed by atoms with Crippen molar-refractivity contribution in [1.82, 2.24) is 4.98 Å². The normalized spacial score (nSPS) is 14.4. The summed E-state index contributed by atoms with van der Waals surface area (Å²) in [6.07, 6.45) is -1.83. The Morgan fingerprint density at radius 2 is 2.19 bits per heavy atom. The van der Waals surface area contributed by atoms with Crippen LogP contribution in [0, 0.1) is 10.1 Å². The maximum Gasteiger partial charge on any atom is 0.285 e. The SMILES string of the molecule is O=c1[nH]cc([N+](=O)[O-])cc1C(O)C(O)CS. The zero-order chi connectivity index (χ0) is 12.3. The molecule has 0 radical (unpaired) electrons. The number of aromatic amines is 1. The molecule has 0 bridgehead atoms. The van der Waals surface area contributed by atoms with Gasteiger partial charge in [-0.3, -0.25) is 14.9 Å². The van der Waals surface area contributed by atoms with Gasteiger partial charge in [-0.1, -0.05) is 0 Å². The molecule has 0 aliphatic heterocycles. The van der Waals surface area contributed by atoms with Crippen LogP contribution < -0.4 is 5.56 Å². The highest BCUT2D eigenvalue weighted by Crippen LogP contribution is 2.17. The third kappa shape index (κ3) is 2.60. The Morgan fingerprint density at radius 1 is 1.56 bits per heavy atom.